The van der Waals surface area contributed by atoms with Crippen LogP contribution in [0.15, 0.2) is 65.4 Å². The number of hydrogen-bond donors (Lipinski definition) is 1. The second-order valence-corrected chi connectivity index (χ2v) is 3.16. The summed E-state index contributed by atoms with van der Waals surface area (Å²) in [5.41, 5.74) is 1.76. The number of rotatable bonds is 0. The Balaban J connectivity index is 0.000000125. The Morgan fingerprint density at radius 3 is 2.19 bits per heavy atom. The van der Waals surface area contributed by atoms with Crippen LogP contribution in [0.25, 0.3) is 11.1 Å². The summed E-state index contributed by atoms with van der Waals surface area (Å²) >= 11 is 0. The number of oxazole rings is 1. The lowest BCUT2D eigenvalue weighted by molar-refractivity contribution is 0.475. The first-order valence-electron chi connectivity index (χ1n) is 4.88. The molecule has 3 nitrogen and oxygen atoms in total. The van der Waals surface area contributed by atoms with E-state index < -0.39 is 0 Å². The maximum Gasteiger partial charge on any atom is 0.181 e. The monoisotopic (exact) mass is 213 g/mol. The topological polar surface area (TPSA) is 46.3 Å². The first-order valence-corrected chi connectivity index (χ1v) is 4.88. The molecule has 1 N–H and O–H groups in total. The number of phenols is 1. The average molecular weight is 213 g/mol. The van der Waals surface area contributed by atoms with E-state index in [0.29, 0.717) is 5.75 Å². The fourth-order valence-electron chi connectivity index (χ4n) is 1.23. The van der Waals surface area contributed by atoms with Crippen LogP contribution in [-0.4, -0.2) is 10.1 Å². The number of benzene rings is 2. The standard InChI is InChI=1S/C7H5NO.C6H6O/c1-2-4-7-6(3-1)8-5-9-7;7-6-4-2-1-3-5-6/h1-5H;1-5,7H. The Kier molecular flexibility index (Phi) is 3.18. The summed E-state index contributed by atoms with van der Waals surface area (Å²) < 4.78 is 5.01. The van der Waals surface area contributed by atoms with Gasteiger partial charge in [-0.05, 0) is 24.3 Å². The van der Waals surface area contributed by atoms with E-state index in [2.05, 4.69) is 4.98 Å². The molecule has 80 valence electrons. The Morgan fingerprint density at radius 2 is 1.56 bits per heavy atom. The summed E-state index contributed by atoms with van der Waals surface area (Å²) in [5, 5.41) is 8.63. The summed E-state index contributed by atoms with van der Waals surface area (Å²) in [4.78, 5) is 3.95. The van der Waals surface area contributed by atoms with Crippen LogP contribution in [0.4, 0.5) is 0 Å². The summed E-state index contributed by atoms with van der Waals surface area (Å²) in [5.74, 6) is 0.322. The molecule has 3 heteroatoms. The van der Waals surface area contributed by atoms with Crippen molar-refractivity contribution in [3.05, 3.63) is 61.0 Å². The van der Waals surface area contributed by atoms with Crippen molar-refractivity contribution in [2.75, 3.05) is 0 Å². The van der Waals surface area contributed by atoms with E-state index in [0.717, 1.165) is 11.1 Å². The highest BCUT2D eigenvalue weighted by atomic mass is 16.3. The molecule has 0 aliphatic rings. The van der Waals surface area contributed by atoms with Gasteiger partial charge in [-0.3, -0.25) is 0 Å². The first-order chi connectivity index (χ1) is 7.86. The van der Waals surface area contributed by atoms with Crippen molar-refractivity contribution in [3.63, 3.8) is 0 Å². The van der Waals surface area contributed by atoms with Gasteiger partial charge in [-0.1, -0.05) is 30.3 Å². The average Bonchev–Trinajstić information content (AvgIpc) is 2.79. The van der Waals surface area contributed by atoms with Crippen LogP contribution in [0.1, 0.15) is 0 Å². The molecule has 0 saturated heterocycles. The minimum absolute atomic E-state index is 0.322. The van der Waals surface area contributed by atoms with Gasteiger partial charge in [0.15, 0.2) is 12.0 Å². The van der Waals surface area contributed by atoms with E-state index in [1.807, 2.05) is 30.3 Å². The lowest BCUT2D eigenvalue weighted by atomic mass is 10.3. The minimum atomic E-state index is 0.322. The number of aromatic nitrogens is 1. The van der Waals surface area contributed by atoms with Crippen molar-refractivity contribution in [2.45, 2.75) is 0 Å². The van der Waals surface area contributed by atoms with E-state index in [-0.39, 0.29) is 0 Å². The smallest absolute Gasteiger partial charge is 0.181 e. The van der Waals surface area contributed by atoms with Gasteiger partial charge in [-0.25, -0.2) is 4.98 Å². The van der Waals surface area contributed by atoms with Gasteiger partial charge in [0.25, 0.3) is 0 Å². The lowest BCUT2D eigenvalue weighted by Crippen LogP contribution is -1.61. The number of para-hydroxylation sites is 3. The molecule has 0 aliphatic carbocycles. The molecule has 16 heavy (non-hydrogen) atoms. The molecule has 1 heterocycles. The second kappa shape index (κ2) is 4.98. The van der Waals surface area contributed by atoms with Crippen LogP contribution < -0.4 is 0 Å². The maximum atomic E-state index is 8.63. The van der Waals surface area contributed by atoms with E-state index in [4.69, 9.17) is 9.52 Å². The number of fused-ring (bicyclic) bond motifs is 1. The normalized spacial score (nSPS) is 9.50. The number of nitrogens with zero attached hydrogens (tertiary/aromatic N) is 1. The van der Waals surface area contributed by atoms with Crippen molar-refractivity contribution in [1.29, 1.82) is 0 Å². The van der Waals surface area contributed by atoms with Gasteiger partial charge in [-0.2, -0.15) is 0 Å². The van der Waals surface area contributed by atoms with E-state index >= 15 is 0 Å². The molecule has 3 rings (SSSR count). The van der Waals surface area contributed by atoms with Crippen molar-refractivity contribution in [1.82, 2.24) is 4.98 Å². The molecule has 3 aromatic rings. The Bertz CT molecular complexity index is 516. The molecular weight excluding hydrogens is 202 g/mol. The quantitative estimate of drug-likeness (QED) is 0.623. The molecule has 0 spiro atoms. The molecule has 0 amide bonds. The van der Waals surface area contributed by atoms with Crippen LogP contribution >= 0.6 is 0 Å². The summed E-state index contributed by atoms with van der Waals surface area (Å²) in [6.45, 7) is 0. The lowest BCUT2D eigenvalue weighted by Gasteiger charge is -1.82. The fraction of sp³-hybridized carbons (Fsp3) is 0. The highest BCUT2D eigenvalue weighted by Gasteiger charge is 1.91. The SMILES string of the molecule is Oc1ccccc1.c1ccc2ocnc2c1. The van der Waals surface area contributed by atoms with Gasteiger partial charge >= 0.3 is 0 Å². The molecular formula is C13H11NO2. The third-order valence-electron chi connectivity index (χ3n) is 1.99. The predicted molar refractivity (Wildman–Crippen MR) is 62.1 cm³/mol. The van der Waals surface area contributed by atoms with E-state index in [1.165, 1.54) is 6.39 Å². The summed E-state index contributed by atoms with van der Waals surface area (Å²) in [7, 11) is 0. The van der Waals surface area contributed by atoms with Crippen molar-refractivity contribution >= 4 is 11.1 Å². The van der Waals surface area contributed by atoms with Crippen LogP contribution in [-0.2, 0) is 0 Å². The molecule has 0 radical (unpaired) electrons. The van der Waals surface area contributed by atoms with Crippen molar-refractivity contribution < 1.29 is 9.52 Å². The second-order valence-electron chi connectivity index (χ2n) is 3.16. The molecule has 2 aromatic carbocycles. The molecule has 0 aliphatic heterocycles. The third-order valence-corrected chi connectivity index (χ3v) is 1.99. The maximum absolute atomic E-state index is 8.63. The molecule has 0 unspecified atom stereocenters. The van der Waals surface area contributed by atoms with Gasteiger partial charge < -0.3 is 9.52 Å². The third kappa shape index (κ3) is 2.60. The zero-order chi connectivity index (χ0) is 11.2. The summed E-state index contributed by atoms with van der Waals surface area (Å²) in [6.07, 6.45) is 1.45. The zero-order valence-electron chi connectivity index (χ0n) is 8.58. The Morgan fingerprint density at radius 1 is 0.875 bits per heavy atom. The predicted octanol–water partition coefficient (Wildman–Crippen LogP) is 3.22. The largest absolute Gasteiger partial charge is 0.508 e. The molecule has 0 fully saturated rings. The van der Waals surface area contributed by atoms with E-state index in [1.54, 1.807) is 24.3 Å². The Labute approximate surface area is 93.0 Å². The van der Waals surface area contributed by atoms with Gasteiger partial charge in [0.05, 0.1) is 0 Å². The fourth-order valence-corrected chi connectivity index (χ4v) is 1.23. The highest BCUT2D eigenvalue weighted by molar-refractivity contribution is 5.71. The molecule has 0 bridgehead atoms. The molecule has 1 aromatic heterocycles. The van der Waals surface area contributed by atoms with Crippen LogP contribution in [0.5, 0.6) is 5.75 Å². The van der Waals surface area contributed by atoms with Crippen LogP contribution in [0.2, 0.25) is 0 Å². The highest BCUT2D eigenvalue weighted by Crippen LogP contribution is 2.09. The van der Waals surface area contributed by atoms with Crippen molar-refractivity contribution in [2.24, 2.45) is 0 Å². The number of aromatic hydroxyl groups is 1. The zero-order valence-corrected chi connectivity index (χ0v) is 8.58. The molecule has 0 saturated carbocycles. The number of phenolic OH excluding ortho intramolecular Hbond substituents is 1. The van der Waals surface area contributed by atoms with E-state index in [9.17, 15) is 0 Å². The Hall–Kier alpha value is -2.29. The van der Waals surface area contributed by atoms with Gasteiger partial charge in [-0.15, -0.1) is 0 Å². The van der Waals surface area contributed by atoms with Crippen LogP contribution in [0.3, 0.4) is 0 Å². The van der Waals surface area contributed by atoms with Gasteiger partial charge in [0.1, 0.15) is 11.3 Å². The van der Waals surface area contributed by atoms with Crippen molar-refractivity contribution in [3.8, 4) is 5.75 Å². The van der Waals surface area contributed by atoms with Gasteiger partial charge in [0, 0.05) is 0 Å². The first kappa shape index (κ1) is 10.2. The minimum Gasteiger partial charge on any atom is -0.508 e. The number of hydrogen-bond acceptors (Lipinski definition) is 3. The van der Waals surface area contributed by atoms with Crippen LogP contribution in [0, 0.1) is 0 Å². The molecule has 0 atom stereocenters. The summed E-state index contributed by atoms with van der Waals surface area (Å²) in [6, 6.07) is 16.4. The van der Waals surface area contributed by atoms with Gasteiger partial charge in [0.2, 0.25) is 0 Å².